The zero-order chi connectivity index (χ0) is 19.8. The van der Waals surface area contributed by atoms with E-state index in [4.69, 9.17) is 26.2 Å². The molecule has 8 heteroatoms. The Hall–Kier alpha value is -2.35. The maximum absolute atomic E-state index is 13.1. The topological polar surface area (TPSA) is 79.8 Å². The number of hydrogen-bond acceptors (Lipinski definition) is 5. The Morgan fingerprint density at radius 2 is 2.04 bits per heavy atom. The summed E-state index contributed by atoms with van der Waals surface area (Å²) in [6.45, 7) is 2.24. The fraction of sp³-hybridized carbons (Fsp3) is 0.316. The summed E-state index contributed by atoms with van der Waals surface area (Å²) >= 11 is 5.69. The van der Waals surface area contributed by atoms with Crippen LogP contribution in [0, 0.1) is 5.82 Å². The van der Waals surface area contributed by atoms with Gasteiger partial charge in [0.25, 0.3) is 5.91 Å². The molecule has 3 N–H and O–H groups in total. The van der Waals surface area contributed by atoms with E-state index in [-0.39, 0.29) is 24.3 Å². The minimum absolute atomic E-state index is 0.0180. The summed E-state index contributed by atoms with van der Waals surface area (Å²) in [5.41, 5.74) is 1.33. The summed E-state index contributed by atoms with van der Waals surface area (Å²) in [5.74, 6) is -0.0619. The van der Waals surface area contributed by atoms with Crippen LogP contribution in [-0.2, 0) is 11.3 Å². The smallest absolute Gasteiger partial charge is 0.262 e. The lowest BCUT2D eigenvalue weighted by Crippen LogP contribution is -2.28. The highest BCUT2D eigenvalue weighted by atomic mass is 35.5. The number of benzene rings is 2. The minimum Gasteiger partial charge on any atom is -0.493 e. The molecule has 0 radical (unpaired) electrons. The average molecular weight is 397 g/mol. The molecule has 0 heterocycles. The van der Waals surface area contributed by atoms with E-state index < -0.39 is 11.7 Å². The van der Waals surface area contributed by atoms with Crippen molar-refractivity contribution in [2.45, 2.75) is 19.5 Å². The summed E-state index contributed by atoms with van der Waals surface area (Å²) in [4.78, 5) is 12.0. The van der Waals surface area contributed by atoms with E-state index in [1.807, 2.05) is 13.0 Å². The van der Waals surface area contributed by atoms with E-state index >= 15 is 0 Å². The van der Waals surface area contributed by atoms with Crippen LogP contribution in [0.5, 0.6) is 11.5 Å². The van der Waals surface area contributed by atoms with Crippen LogP contribution in [0.4, 0.5) is 10.1 Å². The van der Waals surface area contributed by atoms with Gasteiger partial charge in [-0.3, -0.25) is 4.79 Å². The van der Waals surface area contributed by atoms with Gasteiger partial charge < -0.3 is 25.2 Å². The first-order valence-electron chi connectivity index (χ1n) is 8.31. The number of carbonyl (C=O) groups is 1. The maximum atomic E-state index is 13.1. The first kappa shape index (κ1) is 21.0. The highest BCUT2D eigenvalue weighted by molar-refractivity contribution is 6.31. The number of amides is 1. The van der Waals surface area contributed by atoms with Gasteiger partial charge in [0.2, 0.25) is 0 Å². The van der Waals surface area contributed by atoms with Crippen LogP contribution in [-0.4, -0.2) is 37.4 Å². The molecule has 0 aliphatic rings. The number of ether oxygens (including phenoxy) is 2. The van der Waals surface area contributed by atoms with Crippen LogP contribution in [0.2, 0.25) is 5.02 Å². The molecule has 2 rings (SSSR count). The van der Waals surface area contributed by atoms with Crippen molar-refractivity contribution in [3.8, 4) is 11.5 Å². The molecule has 1 atom stereocenters. The number of methoxy groups -OCH3 is 1. The third kappa shape index (κ3) is 6.39. The van der Waals surface area contributed by atoms with Gasteiger partial charge in [0.15, 0.2) is 18.1 Å². The number of aliphatic hydroxyl groups is 1. The van der Waals surface area contributed by atoms with Gasteiger partial charge >= 0.3 is 0 Å². The number of carbonyl (C=O) groups excluding carboxylic acids is 1. The lowest BCUT2D eigenvalue weighted by atomic mass is 10.2. The Bertz CT molecular complexity index is 788. The highest BCUT2D eigenvalue weighted by Crippen LogP contribution is 2.28. The average Bonchev–Trinajstić information content (AvgIpc) is 2.67. The molecule has 27 heavy (non-hydrogen) atoms. The number of halogens is 2. The van der Waals surface area contributed by atoms with Crippen molar-refractivity contribution in [3.05, 3.63) is 52.8 Å². The molecule has 0 aliphatic carbocycles. The van der Waals surface area contributed by atoms with E-state index in [1.165, 1.54) is 25.3 Å². The summed E-state index contributed by atoms with van der Waals surface area (Å²) < 4.78 is 24.0. The molecule has 0 unspecified atom stereocenters. The SMILES string of the molecule is COc1cc(CN[C@H](C)CO)ccc1OCC(=O)Nc1ccc(F)c(Cl)c1. The van der Waals surface area contributed by atoms with E-state index in [2.05, 4.69) is 10.6 Å². The van der Waals surface area contributed by atoms with Gasteiger partial charge in [0.05, 0.1) is 18.7 Å². The molecule has 0 saturated heterocycles. The van der Waals surface area contributed by atoms with Crippen LogP contribution in [0.25, 0.3) is 0 Å². The molecule has 1 amide bonds. The first-order chi connectivity index (χ1) is 12.9. The Labute approximate surface area is 162 Å². The lowest BCUT2D eigenvalue weighted by molar-refractivity contribution is -0.118. The monoisotopic (exact) mass is 396 g/mol. The second-order valence-electron chi connectivity index (χ2n) is 5.92. The van der Waals surface area contributed by atoms with Gasteiger partial charge in [-0.15, -0.1) is 0 Å². The van der Waals surface area contributed by atoms with E-state index in [0.717, 1.165) is 5.56 Å². The Kier molecular flexibility index (Phi) is 7.84. The number of aliphatic hydroxyl groups excluding tert-OH is 1. The summed E-state index contributed by atoms with van der Waals surface area (Å²) in [7, 11) is 1.51. The summed E-state index contributed by atoms with van der Waals surface area (Å²) in [6, 6.07) is 9.24. The van der Waals surface area contributed by atoms with E-state index in [0.29, 0.717) is 23.7 Å². The fourth-order valence-electron chi connectivity index (χ4n) is 2.21. The highest BCUT2D eigenvalue weighted by Gasteiger charge is 2.10. The molecular formula is C19H22ClFN2O4. The number of anilines is 1. The van der Waals surface area contributed by atoms with Crippen molar-refractivity contribution in [1.82, 2.24) is 5.32 Å². The Balaban J connectivity index is 1.93. The van der Waals surface area contributed by atoms with E-state index in [1.54, 1.807) is 12.1 Å². The predicted molar refractivity (Wildman–Crippen MR) is 102 cm³/mol. The van der Waals surface area contributed by atoms with Crippen LogP contribution in [0.15, 0.2) is 36.4 Å². The van der Waals surface area contributed by atoms with Gasteiger partial charge in [-0.25, -0.2) is 4.39 Å². The quantitative estimate of drug-likeness (QED) is 0.607. The van der Waals surface area contributed by atoms with Crippen molar-refractivity contribution in [3.63, 3.8) is 0 Å². The van der Waals surface area contributed by atoms with Gasteiger partial charge in [-0.05, 0) is 42.8 Å². The molecule has 0 spiro atoms. The predicted octanol–water partition coefficient (Wildman–Crippen LogP) is 2.98. The molecule has 146 valence electrons. The molecule has 2 aromatic carbocycles. The molecule has 2 aromatic rings. The van der Waals surface area contributed by atoms with Crippen molar-refractivity contribution < 1.29 is 23.8 Å². The maximum Gasteiger partial charge on any atom is 0.262 e. The van der Waals surface area contributed by atoms with Crippen molar-refractivity contribution in [1.29, 1.82) is 0 Å². The second-order valence-corrected chi connectivity index (χ2v) is 6.32. The van der Waals surface area contributed by atoms with Gasteiger partial charge in [-0.2, -0.15) is 0 Å². The number of nitrogens with one attached hydrogen (secondary N) is 2. The second kappa shape index (κ2) is 10.1. The van der Waals surface area contributed by atoms with E-state index in [9.17, 15) is 9.18 Å². The Morgan fingerprint density at radius 1 is 1.26 bits per heavy atom. The van der Waals surface area contributed by atoms with Crippen LogP contribution in [0.3, 0.4) is 0 Å². The molecular weight excluding hydrogens is 375 g/mol. The number of rotatable bonds is 9. The van der Waals surface area contributed by atoms with Crippen LogP contribution >= 0.6 is 11.6 Å². The number of hydrogen-bond donors (Lipinski definition) is 3. The molecule has 0 saturated carbocycles. The summed E-state index contributed by atoms with van der Waals surface area (Å²) in [5, 5.41) is 14.7. The first-order valence-corrected chi connectivity index (χ1v) is 8.69. The standard InChI is InChI=1S/C19H22ClFN2O4/c1-12(10-24)22-9-13-3-6-17(18(7-13)26-2)27-11-19(25)23-14-4-5-16(21)15(20)8-14/h3-8,12,22,24H,9-11H2,1-2H3,(H,23,25)/t12-/m1/s1. The molecule has 0 aromatic heterocycles. The van der Waals surface area contributed by atoms with Crippen molar-refractivity contribution >= 4 is 23.2 Å². The zero-order valence-electron chi connectivity index (χ0n) is 15.1. The molecule has 0 aliphatic heterocycles. The molecule has 6 nitrogen and oxygen atoms in total. The third-order valence-electron chi connectivity index (χ3n) is 3.72. The van der Waals surface area contributed by atoms with Gasteiger partial charge in [0.1, 0.15) is 5.82 Å². The van der Waals surface area contributed by atoms with Crippen LogP contribution < -0.4 is 20.1 Å². The van der Waals surface area contributed by atoms with Crippen molar-refractivity contribution in [2.24, 2.45) is 0 Å². The lowest BCUT2D eigenvalue weighted by Gasteiger charge is -2.14. The fourth-order valence-corrected chi connectivity index (χ4v) is 2.39. The zero-order valence-corrected chi connectivity index (χ0v) is 15.8. The van der Waals surface area contributed by atoms with Gasteiger partial charge in [-0.1, -0.05) is 17.7 Å². The normalized spacial score (nSPS) is 11.7. The van der Waals surface area contributed by atoms with Crippen LogP contribution in [0.1, 0.15) is 12.5 Å². The van der Waals surface area contributed by atoms with Crippen molar-refractivity contribution in [2.75, 3.05) is 25.6 Å². The Morgan fingerprint density at radius 3 is 2.70 bits per heavy atom. The third-order valence-corrected chi connectivity index (χ3v) is 4.01. The molecule has 0 fully saturated rings. The largest absolute Gasteiger partial charge is 0.493 e. The summed E-state index contributed by atoms with van der Waals surface area (Å²) in [6.07, 6.45) is 0. The van der Waals surface area contributed by atoms with Gasteiger partial charge in [0, 0.05) is 18.3 Å². The molecule has 0 bridgehead atoms. The minimum atomic E-state index is -0.557.